The van der Waals surface area contributed by atoms with E-state index in [-0.39, 0.29) is 4.90 Å². The average molecular weight is 368 g/mol. The smallest absolute Gasteiger partial charge is 0.261 e. The molecule has 0 saturated carbocycles. The predicted octanol–water partition coefficient (Wildman–Crippen LogP) is 4.69. The number of hydrogen-bond donors (Lipinski definition) is 1. The first-order valence-electron chi connectivity index (χ1n) is 7.73. The molecule has 0 amide bonds. The lowest BCUT2D eigenvalue weighted by Crippen LogP contribution is -2.18. The zero-order valence-corrected chi connectivity index (χ0v) is 14.7. The van der Waals surface area contributed by atoms with Crippen LogP contribution in [-0.2, 0) is 10.0 Å². The molecule has 1 N–H and O–H groups in total. The van der Waals surface area contributed by atoms with E-state index in [1.54, 1.807) is 18.3 Å². The van der Waals surface area contributed by atoms with E-state index in [0.29, 0.717) is 5.02 Å². The number of rotatable bonds is 3. The second kappa shape index (κ2) is 6.06. The van der Waals surface area contributed by atoms with Crippen molar-refractivity contribution in [3.8, 4) is 11.1 Å². The van der Waals surface area contributed by atoms with Crippen LogP contribution in [0.1, 0.15) is 11.1 Å². The van der Waals surface area contributed by atoms with Crippen LogP contribution in [0.2, 0.25) is 5.02 Å². The summed E-state index contributed by atoms with van der Waals surface area (Å²) in [4.78, 5) is 0.174. The summed E-state index contributed by atoms with van der Waals surface area (Å²) in [7, 11) is -3.65. The van der Waals surface area contributed by atoms with Crippen LogP contribution in [0.25, 0.3) is 16.7 Å². The molecule has 1 aliphatic rings. The Labute approximate surface area is 151 Å². The summed E-state index contributed by atoms with van der Waals surface area (Å²) in [5.41, 5.74) is 5.11. The third-order valence-corrected chi connectivity index (χ3v) is 5.78. The second-order valence-corrected chi connectivity index (χ2v) is 7.87. The van der Waals surface area contributed by atoms with Crippen LogP contribution >= 0.6 is 11.6 Å². The molecule has 0 saturated heterocycles. The Morgan fingerprint density at radius 3 is 1.72 bits per heavy atom. The molecule has 0 aromatic heterocycles. The second-order valence-electron chi connectivity index (χ2n) is 5.72. The summed E-state index contributed by atoms with van der Waals surface area (Å²) in [5.74, 6) is 0. The van der Waals surface area contributed by atoms with Gasteiger partial charge in [0.1, 0.15) is 0 Å². The van der Waals surface area contributed by atoms with Gasteiger partial charge in [-0.25, -0.2) is 8.42 Å². The molecular weight excluding hydrogens is 354 g/mol. The first-order valence-corrected chi connectivity index (χ1v) is 9.60. The molecular formula is C20H14ClNO2S. The van der Waals surface area contributed by atoms with Crippen molar-refractivity contribution in [2.45, 2.75) is 4.90 Å². The van der Waals surface area contributed by atoms with Crippen LogP contribution in [-0.4, -0.2) is 8.42 Å². The number of nitrogens with one attached hydrogen (secondary N) is 1. The predicted molar refractivity (Wildman–Crippen MR) is 101 cm³/mol. The standard InChI is InChI=1S/C20H14ClNO2S/c21-14-9-11-15(12-10-14)25(23,24)22-13-20-18-7-3-1-5-16(18)17-6-2-4-8-19(17)20/h1-13,22H. The fourth-order valence-electron chi connectivity index (χ4n) is 3.02. The first-order chi connectivity index (χ1) is 12.1. The SMILES string of the molecule is O=S(=O)(NC=C1c2ccccc2-c2ccccc21)c1ccc(Cl)cc1. The third-order valence-electron chi connectivity index (χ3n) is 4.21. The summed E-state index contributed by atoms with van der Waals surface area (Å²) in [5, 5.41) is 0.496. The van der Waals surface area contributed by atoms with Crippen LogP contribution in [0.4, 0.5) is 0 Å². The van der Waals surface area contributed by atoms with Gasteiger partial charge >= 0.3 is 0 Å². The number of sulfonamides is 1. The van der Waals surface area contributed by atoms with Gasteiger partial charge in [0.15, 0.2) is 0 Å². The topological polar surface area (TPSA) is 46.2 Å². The molecule has 0 bridgehead atoms. The van der Waals surface area contributed by atoms with Crippen molar-refractivity contribution in [3.63, 3.8) is 0 Å². The largest absolute Gasteiger partial charge is 0.286 e. The van der Waals surface area contributed by atoms with Crippen LogP contribution in [0.5, 0.6) is 0 Å². The van der Waals surface area contributed by atoms with Gasteiger partial charge in [0.25, 0.3) is 10.0 Å². The lowest BCUT2D eigenvalue weighted by Gasteiger charge is -2.07. The molecule has 0 heterocycles. The highest BCUT2D eigenvalue weighted by Crippen LogP contribution is 2.43. The van der Waals surface area contributed by atoms with Gasteiger partial charge in [-0.3, -0.25) is 4.72 Å². The molecule has 5 heteroatoms. The van der Waals surface area contributed by atoms with Gasteiger partial charge in [-0.15, -0.1) is 0 Å². The van der Waals surface area contributed by atoms with Gasteiger partial charge in [0.2, 0.25) is 0 Å². The minimum atomic E-state index is -3.65. The summed E-state index contributed by atoms with van der Waals surface area (Å²) in [6.07, 6.45) is 1.56. The van der Waals surface area contributed by atoms with Crippen molar-refractivity contribution < 1.29 is 8.42 Å². The highest BCUT2D eigenvalue weighted by atomic mass is 35.5. The van der Waals surface area contributed by atoms with Crippen LogP contribution in [0.15, 0.2) is 83.9 Å². The van der Waals surface area contributed by atoms with Crippen molar-refractivity contribution >= 4 is 27.2 Å². The van der Waals surface area contributed by atoms with Gasteiger partial charge in [-0.2, -0.15) is 0 Å². The fourth-order valence-corrected chi connectivity index (χ4v) is 4.05. The Kier molecular flexibility index (Phi) is 3.86. The van der Waals surface area contributed by atoms with Crippen molar-refractivity contribution in [1.29, 1.82) is 0 Å². The summed E-state index contributed by atoms with van der Waals surface area (Å²) < 4.78 is 27.6. The van der Waals surface area contributed by atoms with E-state index in [9.17, 15) is 8.42 Å². The van der Waals surface area contributed by atoms with E-state index in [1.807, 2.05) is 48.5 Å². The molecule has 3 nitrogen and oxygen atoms in total. The van der Waals surface area contributed by atoms with E-state index in [1.165, 1.54) is 12.1 Å². The monoisotopic (exact) mass is 367 g/mol. The lowest BCUT2D eigenvalue weighted by atomic mass is 10.1. The molecule has 0 spiro atoms. The molecule has 0 fully saturated rings. The maximum atomic E-state index is 12.5. The van der Waals surface area contributed by atoms with E-state index in [4.69, 9.17) is 11.6 Å². The van der Waals surface area contributed by atoms with Crippen LogP contribution in [0, 0.1) is 0 Å². The third kappa shape index (κ3) is 2.84. The van der Waals surface area contributed by atoms with Gasteiger partial charge in [0, 0.05) is 16.8 Å². The molecule has 0 unspecified atom stereocenters. The minimum Gasteiger partial charge on any atom is -0.286 e. The van der Waals surface area contributed by atoms with E-state index in [2.05, 4.69) is 4.72 Å². The Morgan fingerprint density at radius 1 is 0.720 bits per heavy atom. The molecule has 25 heavy (non-hydrogen) atoms. The van der Waals surface area contributed by atoms with E-state index in [0.717, 1.165) is 27.8 Å². The molecule has 124 valence electrons. The highest BCUT2D eigenvalue weighted by molar-refractivity contribution is 7.89. The maximum absolute atomic E-state index is 12.5. The lowest BCUT2D eigenvalue weighted by molar-refractivity contribution is 0.590. The molecule has 3 aromatic rings. The van der Waals surface area contributed by atoms with Gasteiger partial charge < -0.3 is 0 Å². The molecule has 4 rings (SSSR count). The summed E-state index contributed by atoms with van der Waals surface area (Å²) in [6, 6.07) is 22.0. The van der Waals surface area contributed by atoms with Crippen LogP contribution in [0.3, 0.4) is 0 Å². The number of halogens is 1. The molecule has 0 radical (unpaired) electrons. The van der Waals surface area contributed by atoms with Crippen molar-refractivity contribution in [3.05, 3.63) is 95.1 Å². The normalized spacial score (nSPS) is 12.4. The number of hydrogen-bond acceptors (Lipinski definition) is 2. The number of fused-ring (bicyclic) bond motifs is 3. The molecule has 3 aromatic carbocycles. The molecule has 0 aliphatic heterocycles. The van der Waals surface area contributed by atoms with Crippen molar-refractivity contribution in [2.75, 3.05) is 0 Å². The number of benzene rings is 3. The summed E-state index contributed by atoms with van der Waals surface area (Å²) >= 11 is 5.83. The average Bonchev–Trinajstić information content (AvgIpc) is 2.94. The minimum absolute atomic E-state index is 0.174. The zero-order valence-electron chi connectivity index (χ0n) is 13.1. The van der Waals surface area contributed by atoms with Gasteiger partial charge in [0.05, 0.1) is 4.90 Å². The summed E-state index contributed by atoms with van der Waals surface area (Å²) in [6.45, 7) is 0. The fraction of sp³-hybridized carbons (Fsp3) is 0. The Hall–Kier alpha value is -2.56. The highest BCUT2D eigenvalue weighted by Gasteiger charge is 2.23. The Morgan fingerprint density at radius 2 is 1.20 bits per heavy atom. The maximum Gasteiger partial charge on any atom is 0.261 e. The van der Waals surface area contributed by atoms with E-state index >= 15 is 0 Å². The van der Waals surface area contributed by atoms with Crippen molar-refractivity contribution in [1.82, 2.24) is 4.72 Å². The first kappa shape index (κ1) is 15.9. The quantitative estimate of drug-likeness (QED) is 0.571. The molecule has 0 atom stereocenters. The Bertz CT molecular complexity index is 1040. The van der Waals surface area contributed by atoms with Crippen LogP contribution < -0.4 is 4.72 Å². The zero-order chi connectivity index (χ0) is 17.4. The van der Waals surface area contributed by atoms with Gasteiger partial charge in [-0.1, -0.05) is 60.1 Å². The molecule has 1 aliphatic carbocycles. The van der Waals surface area contributed by atoms with Gasteiger partial charge in [-0.05, 0) is 46.5 Å². The Balaban J connectivity index is 1.76. The van der Waals surface area contributed by atoms with Crippen molar-refractivity contribution in [2.24, 2.45) is 0 Å². The van der Waals surface area contributed by atoms with E-state index < -0.39 is 10.0 Å².